The second kappa shape index (κ2) is 9.28. The first-order valence-corrected chi connectivity index (χ1v) is 9.13. The topological polar surface area (TPSA) is 38.3 Å². The minimum atomic E-state index is -4.35. The number of rotatable bonds is 7. The van der Waals surface area contributed by atoms with Gasteiger partial charge in [0, 0.05) is 12.1 Å². The summed E-state index contributed by atoms with van der Waals surface area (Å²) in [5.41, 5.74) is 1.92. The van der Waals surface area contributed by atoms with E-state index in [1.807, 2.05) is 48.5 Å². The maximum atomic E-state index is 12.6. The van der Waals surface area contributed by atoms with E-state index in [-0.39, 0.29) is 12.5 Å². The number of hydrogen-bond acceptors (Lipinski definition) is 2. The number of carbonyl (C=O) groups is 1. The molecule has 0 radical (unpaired) electrons. The summed E-state index contributed by atoms with van der Waals surface area (Å²) >= 11 is 0. The number of benzene rings is 3. The molecule has 0 aliphatic carbocycles. The van der Waals surface area contributed by atoms with Gasteiger partial charge in [-0.15, -0.1) is 0 Å². The predicted molar refractivity (Wildman–Crippen MR) is 106 cm³/mol. The van der Waals surface area contributed by atoms with Crippen molar-refractivity contribution in [2.45, 2.75) is 12.6 Å². The standard InChI is InChI=1S/C23H20F3NO2/c24-23(25,26)19-12-10-17(11-13-19)14-15-27-22(28)16-29-21-9-5-4-8-20(21)18-6-2-1-3-7-18/h1-13H,14-16H2,(H,27,28). The Kier molecular flexibility index (Phi) is 6.54. The maximum absolute atomic E-state index is 12.6. The summed E-state index contributed by atoms with van der Waals surface area (Å²) in [5, 5.41) is 2.72. The van der Waals surface area contributed by atoms with Gasteiger partial charge in [0.1, 0.15) is 5.75 Å². The van der Waals surface area contributed by atoms with Crippen molar-refractivity contribution in [3.8, 4) is 16.9 Å². The van der Waals surface area contributed by atoms with Gasteiger partial charge in [-0.2, -0.15) is 13.2 Å². The summed E-state index contributed by atoms with van der Waals surface area (Å²) in [6, 6.07) is 22.1. The first-order chi connectivity index (χ1) is 13.9. The van der Waals surface area contributed by atoms with Crippen LogP contribution in [0.25, 0.3) is 11.1 Å². The second-order valence-electron chi connectivity index (χ2n) is 6.45. The van der Waals surface area contributed by atoms with E-state index in [2.05, 4.69) is 5.32 Å². The van der Waals surface area contributed by atoms with Crippen molar-refractivity contribution in [1.82, 2.24) is 5.32 Å². The fourth-order valence-corrected chi connectivity index (χ4v) is 2.85. The molecule has 0 spiro atoms. The highest BCUT2D eigenvalue weighted by Crippen LogP contribution is 2.30. The molecule has 29 heavy (non-hydrogen) atoms. The van der Waals surface area contributed by atoms with Crippen molar-refractivity contribution in [2.75, 3.05) is 13.2 Å². The van der Waals surface area contributed by atoms with Crippen LogP contribution >= 0.6 is 0 Å². The Bertz CT molecular complexity index is 938. The molecule has 0 unspecified atom stereocenters. The van der Waals surface area contributed by atoms with Crippen molar-refractivity contribution in [2.24, 2.45) is 0 Å². The maximum Gasteiger partial charge on any atom is 0.416 e. The molecule has 6 heteroatoms. The molecule has 3 aromatic carbocycles. The molecule has 0 saturated carbocycles. The highest BCUT2D eigenvalue weighted by atomic mass is 19.4. The van der Waals surface area contributed by atoms with E-state index in [1.165, 1.54) is 12.1 Å². The Morgan fingerprint density at radius 3 is 2.21 bits per heavy atom. The van der Waals surface area contributed by atoms with Crippen LogP contribution in [-0.4, -0.2) is 19.1 Å². The van der Waals surface area contributed by atoms with Crippen molar-refractivity contribution >= 4 is 5.91 Å². The Balaban J connectivity index is 1.49. The third kappa shape index (κ3) is 5.85. The lowest BCUT2D eigenvalue weighted by molar-refractivity contribution is -0.137. The highest BCUT2D eigenvalue weighted by molar-refractivity contribution is 5.78. The number of nitrogens with one attached hydrogen (secondary N) is 1. The molecule has 3 nitrogen and oxygen atoms in total. The summed E-state index contributed by atoms with van der Waals surface area (Å²) in [4.78, 5) is 12.1. The van der Waals surface area contributed by atoms with E-state index in [1.54, 1.807) is 6.07 Å². The quantitative estimate of drug-likeness (QED) is 0.600. The minimum absolute atomic E-state index is 0.142. The lowest BCUT2D eigenvalue weighted by Gasteiger charge is -2.12. The first kappa shape index (κ1) is 20.5. The average molecular weight is 399 g/mol. The van der Waals surface area contributed by atoms with E-state index >= 15 is 0 Å². The van der Waals surface area contributed by atoms with E-state index in [0.717, 1.165) is 23.3 Å². The molecule has 0 aliphatic heterocycles. The minimum Gasteiger partial charge on any atom is -0.483 e. The van der Waals surface area contributed by atoms with E-state index < -0.39 is 11.7 Å². The first-order valence-electron chi connectivity index (χ1n) is 9.13. The summed E-state index contributed by atoms with van der Waals surface area (Å²) < 4.78 is 43.4. The van der Waals surface area contributed by atoms with Crippen LogP contribution in [0, 0.1) is 0 Å². The molecule has 1 amide bonds. The molecule has 0 saturated heterocycles. The summed E-state index contributed by atoms with van der Waals surface area (Å²) in [6.45, 7) is 0.171. The monoisotopic (exact) mass is 399 g/mol. The highest BCUT2D eigenvalue weighted by Gasteiger charge is 2.29. The second-order valence-corrected chi connectivity index (χ2v) is 6.45. The molecule has 150 valence electrons. The lowest BCUT2D eigenvalue weighted by atomic mass is 10.1. The Labute approximate surface area is 167 Å². The van der Waals surface area contributed by atoms with Gasteiger partial charge in [-0.25, -0.2) is 0 Å². The van der Waals surface area contributed by atoms with Gasteiger partial charge in [0.15, 0.2) is 6.61 Å². The molecular weight excluding hydrogens is 379 g/mol. The van der Waals surface area contributed by atoms with Gasteiger partial charge in [-0.1, -0.05) is 60.7 Å². The van der Waals surface area contributed by atoms with Gasteiger partial charge in [0.25, 0.3) is 5.91 Å². The number of amides is 1. The molecule has 3 aromatic rings. The molecule has 1 N–H and O–H groups in total. The average Bonchev–Trinajstić information content (AvgIpc) is 2.73. The third-order valence-electron chi connectivity index (χ3n) is 4.35. The number of hydrogen-bond donors (Lipinski definition) is 1. The van der Waals surface area contributed by atoms with Crippen molar-refractivity contribution in [1.29, 1.82) is 0 Å². The van der Waals surface area contributed by atoms with Gasteiger partial charge < -0.3 is 10.1 Å². The summed E-state index contributed by atoms with van der Waals surface area (Å²) in [7, 11) is 0. The van der Waals surface area contributed by atoms with E-state index in [9.17, 15) is 18.0 Å². The zero-order chi connectivity index (χ0) is 20.7. The number of alkyl halides is 3. The summed E-state index contributed by atoms with van der Waals surface area (Å²) in [5.74, 6) is 0.316. The smallest absolute Gasteiger partial charge is 0.416 e. The molecule has 0 heterocycles. The normalized spacial score (nSPS) is 11.1. The fraction of sp³-hybridized carbons (Fsp3) is 0.174. The zero-order valence-electron chi connectivity index (χ0n) is 15.6. The Morgan fingerprint density at radius 2 is 1.52 bits per heavy atom. The Hall–Kier alpha value is -3.28. The lowest BCUT2D eigenvalue weighted by Crippen LogP contribution is -2.30. The number of carbonyl (C=O) groups excluding carboxylic acids is 1. The summed E-state index contributed by atoms with van der Waals surface area (Å²) in [6.07, 6.45) is -3.91. The van der Waals surface area contributed by atoms with Crippen LogP contribution in [0.2, 0.25) is 0 Å². The Morgan fingerprint density at radius 1 is 0.862 bits per heavy atom. The number of para-hydroxylation sites is 1. The van der Waals surface area contributed by atoms with Gasteiger partial charge in [-0.3, -0.25) is 4.79 Å². The number of halogens is 3. The predicted octanol–water partition coefficient (Wildman–Crippen LogP) is 5.11. The van der Waals surface area contributed by atoms with Crippen molar-refractivity contribution in [3.63, 3.8) is 0 Å². The van der Waals surface area contributed by atoms with Crippen LogP contribution in [0.5, 0.6) is 5.75 Å². The van der Waals surface area contributed by atoms with Crippen LogP contribution in [-0.2, 0) is 17.4 Å². The van der Waals surface area contributed by atoms with Crippen LogP contribution in [0.4, 0.5) is 13.2 Å². The number of ether oxygens (including phenoxy) is 1. The van der Waals surface area contributed by atoms with Gasteiger partial charge >= 0.3 is 6.18 Å². The molecule has 3 rings (SSSR count). The van der Waals surface area contributed by atoms with Gasteiger partial charge in [-0.05, 0) is 35.7 Å². The third-order valence-corrected chi connectivity index (χ3v) is 4.35. The zero-order valence-corrected chi connectivity index (χ0v) is 15.6. The van der Waals surface area contributed by atoms with E-state index in [0.29, 0.717) is 24.3 Å². The van der Waals surface area contributed by atoms with E-state index in [4.69, 9.17) is 4.74 Å². The largest absolute Gasteiger partial charge is 0.483 e. The van der Waals surface area contributed by atoms with Crippen LogP contribution in [0.15, 0.2) is 78.9 Å². The van der Waals surface area contributed by atoms with Gasteiger partial charge in [0.05, 0.1) is 5.56 Å². The molecule has 0 fully saturated rings. The van der Waals surface area contributed by atoms with Crippen molar-refractivity contribution in [3.05, 3.63) is 90.0 Å². The van der Waals surface area contributed by atoms with Crippen LogP contribution in [0.3, 0.4) is 0 Å². The SMILES string of the molecule is O=C(COc1ccccc1-c1ccccc1)NCCc1ccc(C(F)(F)F)cc1. The van der Waals surface area contributed by atoms with Crippen LogP contribution < -0.4 is 10.1 Å². The fourth-order valence-electron chi connectivity index (χ4n) is 2.85. The van der Waals surface area contributed by atoms with Crippen LogP contribution in [0.1, 0.15) is 11.1 Å². The van der Waals surface area contributed by atoms with Crippen molar-refractivity contribution < 1.29 is 22.7 Å². The molecule has 0 atom stereocenters. The molecule has 0 aromatic heterocycles. The van der Waals surface area contributed by atoms with Gasteiger partial charge in [0.2, 0.25) is 0 Å². The molecule has 0 aliphatic rings. The molecule has 0 bridgehead atoms. The molecular formula is C23H20F3NO2.